The van der Waals surface area contributed by atoms with E-state index in [0.717, 1.165) is 16.2 Å². The summed E-state index contributed by atoms with van der Waals surface area (Å²) >= 11 is 7.93. The van der Waals surface area contributed by atoms with Gasteiger partial charge in [0, 0.05) is 10.4 Å². The number of hydrogen-bond donors (Lipinski definition) is 0. The van der Waals surface area contributed by atoms with Crippen molar-refractivity contribution >= 4 is 22.9 Å². The van der Waals surface area contributed by atoms with E-state index >= 15 is 0 Å². The fraction of sp³-hybridized carbons (Fsp3) is 0.200. The lowest BCUT2D eigenvalue weighted by Gasteiger charge is -2.04. The Labute approximate surface area is 86.0 Å². The SMILES string of the molecule is Cc1occc1C(Cl)c1cccs1. The summed E-state index contributed by atoms with van der Waals surface area (Å²) in [7, 11) is 0. The van der Waals surface area contributed by atoms with E-state index < -0.39 is 0 Å². The van der Waals surface area contributed by atoms with Crippen LogP contribution in [0.3, 0.4) is 0 Å². The number of aryl methyl sites for hydroxylation is 1. The minimum Gasteiger partial charge on any atom is -0.469 e. The molecule has 1 unspecified atom stereocenters. The Morgan fingerprint density at radius 1 is 1.46 bits per heavy atom. The molecule has 0 saturated heterocycles. The van der Waals surface area contributed by atoms with Gasteiger partial charge in [-0.1, -0.05) is 6.07 Å². The van der Waals surface area contributed by atoms with Gasteiger partial charge in [0.25, 0.3) is 0 Å². The van der Waals surface area contributed by atoms with Gasteiger partial charge in [0.2, 0.25) is 0 Å². The highest BCUT2D eigenvalue weighted by Gasteiger charge is 2.15. The molecule has 0 aliphatic heterocycles. The van der Waals surface area contributed by atoms with Crippen molar-refractivity contribution in [3.63, 3.8) is 0 Å². The number of alkyl halides is 1. The van der Waals surface area contributed by atoms with Crippen molar-refractivity contribution in [2.75, 3.05) is 0 Å². The second kappa shape index (κ2) is 3.56. The first-order valence-corrected chi connectivity index (χ1v) is 5.32. The highest BCUT2D eigenvalue weighted by Crippen LogP contribution is 2.33. The van der Waals surface area contributed by atoms with Gasteiger partial charge in [-0.15, -0.1) is 22.9 Å². The van der Waals surface area contributed by atoms with E-state index in [1.807, 2.05) is 30.5 Å². The van der Waals surface area contributed by atoms with Crippen molar-refractivity contribution in [2.45, 2.75) is 12.3 Å². The molecule has 0 amide bonds. The largest absolute Gasteiger partial charge is 0.469 e. The van der Waals surface area contributed by atoms with Gasteiger partial charge in [-0.2, -0.15) is 0 Å². The molecular weight excluding hydrogens is 204 g/mol. The molecule has 3 heteroatoms. The molecule has 13 heavy (non-hydrogen) atoms. The highest BCUT2D eigenvalue weighted by molar-refractivity contribution is 7.10. The van der Waals surface area contributed by atoms with Crippen LogP contribution in [0.2, 0.25) is 0 Å². The zero-order chi connectivity index (χ0) is 9.26. The molecule has 0 N–H and O–H groups in total. The molecule has 0 bridgehead atoms. The molecule has 2 rings (SSSR count). The summed E-state index contributed by atoms with van der Waals surface area (Å²) < 4.78 is 5.20. The lowest BCUT2D eigenvalue weighted by Crippen LogP contribution is -1.89. The predicted octanol–water partition coefficient (Wildman–Crippen LogP) is 3.98. The molecule has 68 valence electrons. The van der Waals surface area contributed by atoms with Crippen LogP contribution in [0.1, 0.15) is 21.6 Å². The number of furan rings is 1. The van der Waals surface area contributed by atoms with Crippen LogP contribution in [-0.2, 0) is 0 Å². The smallest absolute Gasteiger partial charge is 0.105 e. The Balaban J connectivity index is 2.33. The highest BCUT2D eigenvalue weighted by atomic mass is 35.5. The van der Waals surface area contributed by atoms with Crippen LogP contribution < -0.4 is 0 Å². The Hall–Kier alpha value is -0.730. The second-order valence-electron chi connectivity index (χ2n) is 2.81. The van der Waals surface area contributed by atoms with Gasteiger partial charge >= 0.3 is 0 Å². The molecule has 0 aliphatic rings. The number of hydrogen-bond acceptors (Lipinski definition) is 2. The predicted molar refractivity (Wildman–Crippen MR) is 55.5 cm³/mol. The summed E-state index contributed by atoms with van der Waals surface area (Å²) in [5, 5.41) is 1.96. The third-order valence-corrected chi connectivity index (χ3v) is 3.50. The van der Waals surface area contributed by atoms with E-state index in [-0.39, 0.29) is 5.38 Å². The first kappa shape index (κ1) is 8.85. The Kier molecular flexibility index (Phi) is 2.42. The average molecular weight is 213 g/mol. The molecule has 0 fully saturated rings. The van der Waals surface area contributed by atoms with E-state index in [1.54, 1.807) is 17.6 Å². The average Bonchev–Trinajstić information content (AvgIpc) is 2.72. The Bertz CT molecular complexity index is 377. The van der Waals surface area contributed by atoms with Gasteiger partial charge in [-0.05, 0) is 24.4 Å². The van der Waals surface area contributed by atoms with Crippen molar-refractivity contribution < 1.29 is 4.42 Å². The molecule has 1 atom stereocenters. The van der Waals surface area contributed by atoms with Crippen LogP contribution in [0.5, 0.6) is 0 Å². The van der Waals surface area contributed by atoms with Gasteiger partial charge < -0.3 is 4.42 Å². The fourth-order valence-corrected chi connectivity index (χ4v) is 2.42. The summed E-state index contributed by atoms with van der Waals surface area (Å²) in [6.07, 6.45) is 1.67. The van der Waals surface area contributed by atoms with E-state index in [1.165, 1.54) is 0 Å². The Morgan fingerprint density at radius 3 is 2.85 bits per heavy atom. The molecule has 0 aromatic carbocycles. The molecule has 1 nitrogen and oxygen atoms in total. The fourth-order valence-electron chi connectivity index (χ4n) is 1.25. The third-order valence-electron chi connectivity index (χ3n) is 1.96. The normalized spacial score (nSPS) is 13.1. The molecule has 2 aromatic heterocycles. The molecule has 0 radical (unpaired) electrons. The van der Waals surface area contributed by atoms with Crippen LogP contribution in [0, 0.1) is 6.92 Å². The van der Waals surface area contributed by atoms with Gasteiger partial charge in [0.05, 0.1) is 11.6 Å². The van der Waals surface area contributed by atoms with Crippen molar-refractivity contribution in [1.29, 1.82) is 0 Å². The maximum Gasteiger partial charge on any atom is 0.105 e. The van der Waals surface area contributed by atoms with Crippen molar-refractivity contribution in [1.82, 2.24) is 0 Å². The van der Waals surface area contributed by atoms with Crippen molar-refractivity contribution in [2.24, 2.45) is 0 Å². The quantitative estimate of drug-likeness (QED) is 0.687. The summed E-state index contributed by atoms with van der Waals surface area (Å²) in [5.41, 5.74) is 1.06. The zero-order valence-electron chi connectivity index (χ0n) is 7.16. The Morgan fingerprint density at radius 2 is 2.31 bits per heavy atom. The van der Waals surface area contributed by atoms with Crippen LogP contribution in [0.25, 0.3) is 0 Å². The molecule has 0 saturated carbocycles. The van der Waals surface area contributed by atoms with Crippen LogP contribution >= 0.6 is 22.9 Å². The lowest BCUT2D eigenvalue weighted by atomic mass is 10.1. The van der Waals surface area contributed by atoms with E-state index in [0.29, 0.717) is 0 Å². The number of rotatable bonds is 2. The van der Waals surface area contributed by atoms with Crippen molar-refractivity contribution in [3.8, 4) is 0 Å². The molecule has 2 aromatic rings. The lowest BCUT2D eigenvalue weighted by molar-refractivity contribution is 0.530. The minimum atomic E-state index is -0.0706. The van der Waals surface area contributed by atoms with Crippen molar-refractivity contribution in [3.05, 3.63) is 46.0 Å². The zero-order valence-corrected chi connectivity index (χ0v) is 8.73. The number of halogens is 1. The first-order valence-electron chi connectivity index (χ1n) is 4.00. The second-order valence-corrected chi connectivity index (χ2v) is 4.23. The minimum absolute atomic E-state index is 0.0706. The van der Waals surface area contributed by atoms with Gasteiger partial charge in [-0.25, -0.2) is 0 Å². The number of thiophene rings is 1. The van der Waals surface area contributed by atoms with E-state index in [2.05, 4.69) is 0 Å². The van der Waals surface area contributed by atoms with E-state index in [9.17, 15) is 0 Å². The van der Waals surface area contributed by atoms with Crippen LogP contribution in [-0.4, -0.2) is 0 Å². The van der Waals surface area contributed by atoms with Gasteiger partial charge in [-0.3, -0.25) is 0 Å². The third kappa shape index (κ3) is 1.64. The summed E-state index contributed by atoms with van der Waals surface area (Å²) in [4.78, 5) is 1.16. The summed E-state index contributed by atoms with van der Waals surface area (Å²) in [6.45, 7) is 1.93. The van der Waals surface area contributed by atoms with Gasteiger partial charge in [0.1, 0.15) is 5.76 Å². The first-order chi connectivity index (χ1) is 6.29. The monoisotopic (exact) mass is 212 g/mol. The standard InChI is InChI=1S/C10H9ClOS/c1-7-8(4-5-12-7)10(11)9-3-2-6-13-9/h2-6,10H,1H3. The summed E-state index contributed by atoms with van der Waals surface area (Å²) in [6, 6.07) is 5.96. The maximum atomic E-state index is 6.27. The van der Waals surface area contributed by atoms with Crippen LogP contribution in [0.4, 0.5) is 0 Å². The van der Waals surface area contributed by atoms with Crippen LogP contribution in [0.15, 0.2) is 34.3 Å². The summed E-state index contributed by atoms with van der Waals surface area (Å²) in [5.74, 6) is 0.897. The maximum absolute atomic E-state index is 6.27. The van der Waals surface area contributed by atoms with E-state index in [4.69, 9.17) is 16.0 Å². The molecule has 0 aliphatic carbocycles. The molecule has 2 heterocycles. The van der Waals surface area contributed by atoms with Gasteiger partial charge in [0.15, 0.2) is 0 Å². The molecular formula is C10H9ClOS. The topological polar surface area (TPSA) is 13.1 Å². The molecule has 0 spiro atoms.